The average molecular weight is 324 g/mol. The van der Waals surface area contributed by atoms with Crippen LogP contribution in [0.15, 0.2) is 24.0 Å². The van der Waals surface area contributed by atoms with Gasteiger partial charge in [0.25, 0.3) is 0 Å². The topological polar surface area (TPSA) is 71.1 Å². The summed E-state index contributed by atoms with van der Waals surface area (Å²) in [6.45, 7) is 4.19. The van der Waals surface area contributed by atoms with E-state index in [0.717, 1.165) is 0 Å². The molecule has 23 heavy (non-hydrogen) atoms. The van der Waals surface area contributed by atoms with Crippen molar-refractivity contribution >= 4 is 11.9 Å². The van der Waals surface area contributed by atoms with Crippen LogP contribution >= 0.6 is 0 Å². The minimum atomic E-state index is -0.586. The first kappa shape index (κ1) is 17.5. The lowest BCUT2D eigenvalue weighted by molar-refractivity contribution is -0.148. The third kappa shape index (κ3) is 3.27. The Morgan fingerprint density at radius 1 is 1.26 bits per heavy atom. The number of carbonyl (C=O) groups excluding carboxylic acids is 2. The third-order valence-corrected chi connectivity index (χ3v) is 4.53. The average Bonchev–Trinajstić information content (AvgIpc) is 3.19. The quantitative estimate of drug-likeness (QED) is 0.526. The Bertz CT molecular complexity index is 523. The molecular weight excluding hydrogens is 300 g/mol. The Morgan fingerprint density at radius 2 is 1.96 bits per heavy atom. The smallest absolute Gasteiger partial charge is 0.330 e. The zero-order valence-corrected chi connectivity index (χ0v) is 14.0. The van der Waals surface area contributed by atoms with Crippen molar-refractivity contribution < 1.29 is 28.5 Å². The van der Waals surface area contributed by atoms with E-state index in [1.54, 1.807) is 34.1 Å². The first-order valence-electron chi connectivity index (χ1n) is 7.87. The van der Waals surface area contributed by atoms with Crippen LogP contribution in [0.5, 0.6) is 0 Å². The van der Waals surface area contributed by atoms with Gasteiger partial charge in [0.05, 0.1) is 25.9 Å². The molecule has 6 heteroatoms. The largest absolute Gasteiger partial charge is 0.501 e. The van der Waals surface area contributed by atoms with Crippen LogP contribution in [0, 0.1) is 17.8 Å². The maximum atomic E-state index is 12.1. The van der Waals surface area contributed by atoms with Gasteiger partial charge in [-0.15, -0.1) is 0 Å². The molecule has 0 aromatic carbocycles. The van der Waals surface area contributed by atoms with Crippen LogP contribution in [0.25, 0.3) is 0 Å². The summed E-state index contributed by atoms with van der Waals surface area (Å²) in [5.74, 6) is -0.302. The lowest BCUT2D eigenvalue weighted by atomic mass is 9.93. The van der Waals surface area contributed by atoms with Gasteiger partial charge in [-0.1, -0.05) is 0 Å². The molecular formula is C17H24O6. The summed E-state index contributed by atoms with van der Waals surface area (Å²) >= 11 is 0. The summed E-state index contributed by atoms with van der Waals surface area (Å²) in [4.78, 5) is 23.6. The molecule has 0 amide bonds. The number of hydrogen-bond donors (Lipinski definition) is 0. The first-order valence-corrected chi connectivity index (χ1v) is 7.87. The summed E-state index contributed by atoms with van der Waals surface area (Å²) in [7, 11) is 3.15. The summed E-state index contributed by atoms with van der Waals surface area (Å²) < 4.78 is 21.0. The molecule has 2 aliphatic carbocycles. The lowest BCUT2D eigenvalue weighted by Crippen LogP contribution is -2.24. The van der Waals surface area contributed by atoms with E-state index in [-0.39, 0.29) is 17.8 Å². The number of ether oxygens (including phenoxy) is 4. The van der Waals surface area contributed by atoms with Gasteiger partial charge < -0.3 is 18.9 Å². The van der Waals surface area contributed by atoms with E-state index < -0.39 is 17.5 Å². The second-order valence-electron chi connectivity index (χ2n) is 5.59. The fourth-order valence-corrected chi connectivity index (χ4v) is 3.37. The highest BCUT2D eigenvalue weighted by Crippen LogP contribution is 2.61. The van der Waals surface area contributed by atoms with Crippen molar-refractivity contribution in [2.45, 2.75) is 25.9 Å². The van der Waals surface area contributed by atoms with Crippen LogP contribution in [0.1, 0.15) is 20.3 Å². The van der Waals surface area contributed by atoms with Crippen molar-refractivity contribution in [3.63, 3.8) is 0 Å². The van der Waals surface area contributed by atoms with Crippen molar-refractivity contribution in [2.75, 3.05) is 27.4 Å². The van der Waals surface area contributed by atoms with Crippen LogP contribution < -0.4 is 0 Å². The molecule has 0 aliphatic heterocycles. The molecule has 6 nitrogen and oxygen atoms in total. The predicted octanol–water partition coefficient (Wildman–Crippen LogP) is 1.85. The van der Waals surface area contributed by atoms with Crippen molar-refractivity contribution in [1.29, 1.82) is 0 Å². The fraction of sp³-hybridized carbons (Fsp3) is 0.647. The Labute approximate surface area is 136 Å². The molecule has 0 heterocycles. The number of fused-ring (bicyclic) bond motifs is 1. The Hall–Kier alpha value is -1.82. The van der Waals surface area contributed by atoms with Crippen molar-refractivity contribution in [3.05, 3.63) is 24.0 Å². The summed E-state index contributed by atoms with van der Waals surface area (Å²) in [6, 6.07) is 0. The van der Waals surface area contributed by atoms with Gasteiger partial charge in [0, 0.05) is 25.0 Å². The molecule has 128 valence electrons. The molecule has 2 aliphatic rings. The van der Waals surface area contributed by atoms with Crippen LogP contribution in [0.3, 0.4) is 0 Å². The maximum absolute atomic E-state index is 12.1. The van der Waals surface area contributed by atoms with Gasteiger partial charge in [0.15, 0.2) is 0 Å². The minimum absolute atomic E-state index is 0.0822. The van der Waals surface area contributed by atoms with Gasteiger partial charge in [-0.2, -0.15) is 0 Å². The molecule has 0 radical (unpaired) electrons. The first-order chi connectivity index (χ1) is 11.0. The fourth-order valence-electron chi connectivity index (χ4n) is 3.37. The van der Waals surface area contributed by atoms with E-state index in [1.165, 1.54) is 6.08 Å². The Balaban J connectivity index is 2.16. The van der Waals surface area contributed by atoms with Crippen LogP contribution in [-0.4, -0.2) is 45.0 Å². The van der Waals surface area contributed by atoms with E-state index in [9.17, 15) is 9.59 Å². The van der Waals surface area contributed by atoms with Gasteiger partial charge in [-0.05, 0) is 32.4 Å². The minimum Gasteiger partial charge on any atom is -0.501 e. The molecule has 4 atom stereocenters. The Kier molecular flexibility index (Phi) is 5.46. The zero-order valence-electron chi connectivity index (χ0n) is 14.0. The third-order valence-electron chi connectivity index (χ3n) is 4.53. The summed E-state index contributed by atoms with van der Waals surface area (Å²) in [5.41, 5.74) is -0.586. The van der Waals surface area contributed by atoms with Gasteiger partial charge in [-0.3, -0.25) is 4.79 Å². The molecule has 0 aromatic heterocycles. The highest BCUT2D eigenvalue weighted by Gasteiger charge is 2.66. The molecule has 0 unspecified atom stereocenters. The second-order valence-corrected chi connectivity index (χ2v) is 5.59. The lowest BCUT2D eigenvalue weighted by Gasteiger charge is -2.20. The summed E-state index contributed by atoms with van der Waals surface area (Å²) in [6.07, 6.45) is 5.61. The van der Waals surface area contributed by atoms with E-state index in [0.29, 0.717) is 25.4 Å². The van der Waals surface area contributed by atoms with Gasteiger partial charge >= 0.3 is 11.9 Å². The van der Waals surface area contributed by atoms with Crippen LogP contribution in [0.4, 0.5) is 0 Å². The van der Waals surface area contributed by atoms with Gasteiger partial charge in [0.1, 0.15) is 11.7 Å². The molecule has 0 aromatic rings. The number of esters is 2. The molecule has 0 spiro atoms. The predicted molar refractivity (Wildman–Crippen MR) is 82.3 cm³/mol. The highest BCUT2D eigenvalue weighted by atomic mass is 16.5. The van der Waals surface area contributed by atoms with E-state index >= 15 is 0 Å². The van der Waals surface area contributed by atoms with Crippen LogP contribution in [-0.2, 0) is 28.5 Å². The summed E-state index contributed by atoms with van der Waals surface area (Å²) in [5, 5.41) is 0. The molecule has 0 N–H and O–H groups in total. The SMILES string of the molecule is CCOC(=O)/C=C/[C@@]1(OC)[C@@H]2C[C@@H](C(=O)OCC)C(OC)=C[C@@H]21. The standard InChI is InChI=1S/C17H24O6/c1-5-22-15(18)7-8-17(21-4)12-9-11(16(19)23-6-2)14(20-3)10-13(12)17/h7-8,10-13H,5-6,9H2,1-4H3/b8-7+/t11-,12-,13+,17-/m1/s1. The molecule has 0 bridgehead atoms. The molecule has 0 saturated heterocycles. The number of hydrogen-bond acceptors (Lipinski definition) is 6. The number of rotatable bonds is 7. The Morgan fingerprint density at radius 3 is 2.52 bits per heavy atom. The van der Waals surface area contributed by atoms with Gasteiger partial charge in [-0.25, -0.2) is 4.79 Å². The monoisotopic (exact) mass is 324 g/mol. The highest BCUT2D eigenvalue weighted by molar-refractivity contribution is 5.82. The van der Waals surface area contributed by atoms with E-state index in [2.05, 4.69) is 0 Å². The van der Waals surface area contributed by atoms with E-state index in [1.807, 2.05) is 6.08 Å². The number of carbonyl (C=O) groups is 2. The second kappa shape index (κ2) is 7.17. The van der Waals surface area contributed by atoms with Crippen molar-refractivity contribution in [3.8, 4) is 0 Å². The maximum Gasteiger partial charge on any atom is 0.330 e. The van der Waals surface area contributed by atoms with E-state index in [4.69, 9.17) is 18.9 Å². The molecule has 1 fully saturated rings. The normalized spacial score (nSPS) is 32.0. The molecule has 1 saturated carbocycles. The number of methoxy groups -OCH3 is 2. The zero-order chi connectivity index (χ0) is 17.0. The van der Waals surface area contributed by atoms with Gasteiger partial charge in [0.2, 0.25) is 0 Å². The van der Waals surface area contributed by atoms with Crippen LogP contribution in [0.2, 0.25) is 0 Å². The van der Waals surface area contributed by atoms with Crippen molar-refractivity contribution in [1.82, 2.24) is 0 Å². The van der Waals surface area contributed by atoms with Crippen molar-refractivity contribution in [2.24, 2.45) is 17.8 Å². The molecule has 2 rings (SSSR count).